The van der Waals surface area contributed by atoms with Gasteiger partial charge < -0.3 is 4.74 Å². The predicted molar refractivity (Wildman–Crippen MR) is 72.7 cm³/mol. The second-order valence-electron chi connectivity index (χ2n) is 4.39. The lowest BCUT2D eigenvalue weighted by Gasteiger charge is -2.31. The maximum Gasteiger partial charge on any atom is 0.246 e. The molecule has 2 heterocycles. The van der Waals surface area contributed by atoms with Gasteiger partial charge in [-0.2, -0.15) is 4.31 Å². The number of piperidine rings is 1. The fraction of sp³-hybridized carbons (Fsp3) is 0.583. The standard InChI is InChI=1S/C12H17ClN2O3S/c1-2-18-10-4-3-7-15(9-10)19(16,17)12-8-14-6-5-11(12)13/h5-6,8,10H,2-4,7,9H2,1H3. The fourth-order valence-corrected chi connectivity index (χ4v) is 4.10. The van der Waals surface area contributed by atoms with Crippen molar-refractivity contribution in [3.05, 3.63) is 23.5 Å². The molecular formula is C12H17ClN2O3S. The van der Waals surface area contributed by atoms with E-state index in [0.29, 0.717) is 19.7 Å². The van der Waals surface area contributed by atoms with Crippen molar-refractivity contribution >= 4 is 21.6 Å². The molecule has 1 aromatic heterocycles. The van der Waals surface area contributed by atoms with Crippen molar-refractivity contribution in [2.45, 2.75) is 30.8 Å². The van der Waals surface area contributed by atoms with Gasteiger partial charge in [-0.3, -0.25) is 4.98 Å². The van der Waals surface area contributed by atoms with Crippen LogP contribution >= 0.6 is 11.6 Å². The van der Waals surface area contributed by atoms with E-state index in [2.05, 4.69) is 4.98 Å². The zero-order valence-corrected chi connectivity index (χ0v) is 12.3. The third-order valence-corrected chi connectivity index (χ3v) is 5.43. The molecule has 0 aromatic carbocycles. The Kier molecular flexibility index (Phi) is 4.78. The molecule has 0 radical (unpaired) electrons. The van der Waals surface area contributed by atoms with Gasteiger partial charge in [0.05, 0.1) is 11.1 Å². The van der Waals surface area contributed by atoms with E-state index in [9.17, 15) is 8.42 Å². The average Bonchev–Trinajstić information content (AvgIpc) is 2.40. The van der Waals surface area contributed by atoms with E-state index in [1.165, 1.54) is 22.8 Å². The van der Waals surface area contributed by atoms with Gasteiger partial charge in [-0.1, -0.05) is 11.6 Å². The molecule has 1 aliphatic rings. The minimum absolute atomic E-state index is 0.0380. The highest BCUT2D eigenvalue weighted by Crippen LogP contribution is 2.26. The van der Waals surface area contributed by atoms with Crippen molar-refractivity contribution in [3.8, 4) is 0 Å². The lowest BCUT2D eigenvalue weighted by atomic mass is 10.1. The zero-order valence-electron chi connectivity index (χ0n) is 10.8. The summed E-state index contributed by atoms with van der Waals surface area (Å²) in [5.74, 6) is 0. The number of sulfonamides is 1. The number of hydrogen-bond donors (Lipinski definition) is 0. The molecule has 1 unspecified atom stereocenters. The van der Waals surface area contributed by atoms with Crippen LogP contribution in [0.5, 0.6) is 0 Å². The van der Waals surface area contributed by atoms with E-state index in [4.69, 9.17) is 16.3 Å². The van der Waals surface area contributed by atoms with Crippen molar-refractivity contribution in [1.29, 1.82) is 0 Å². The number of rotatable bonds is 4. The van der Waals surface area contributed by atoms with Gasteiger partial charge >= 0.3 is 0 Å². The Labute approximate surface area is 118 Å². The molecule has 0 aliphatic carbocycles. The van der Waals surface area contributed by atoms with Gasteiger partial charge in [0.2, 0.25) is 10.0 Å². The van der Waals surface area contributed by atoms with Crippen LogP contribution in [-0.2, 0) is 14.8 Å². The number of nitrogens with zero attached hydrogens (tertiary/aromatic N) is 2. The summed E-state index contributed by atoms with van der Waals surface area (Å²) in [6.07, 6.45) is 4.41. The maximum atomic E-state index is 12.5. The summed E-state index contributed by atoms with van der Waals surface area (Å²) in [5.41, 5.74) is 0. The predicted octanol–water partition coefficient (Wildman–Crippen LogP) is 1.92. The molecular weight excluding hydrogens is 288 g/mol. The molecule has 0 N–H and O–H groups in total. The van der Waals surface area contributed by atoms with Crippen molar-refractivity contribution in [2.24, 2.45) is 0 Å². The minimum atomic E-state index is -3.59. The molecule has 0 spiro atoms. The van der Waals surface area contributed by atoms with Crippen LogP contribution < -0.4 is 0 Å². The fourth-order valence-electron chi connectivity index (χ4n) is 2.19. The summed E-state index contributed by atoms with van der Waals surface area (Å²) in [6, 6.07) is 1.48. The van der Waals surface area contributed by atoms with Crippen LogP contribution in [0.4, 0.5) is 0 Å². The zero-order chi connectivity index (χ0) is 13.9. The summed E-state index contributed by atoms with van der Waals surface area (Å²) < 4.78 is 32.0. The molecule has 106 valence electrons. The van der Waals surface area contributed by atoms with Gasteiger partial charge in [0.25, 0.3) is 0 Å². The first-order valence-corrected chi connectivity index (χ1v) is 8.08. The van der Waals surface area contributed by atoms with Gasteiger partial charge in [0.1, 0.15) is 4.90 Å². The third kappa shape index (κ3) is 3.25. The van der Waals surface area contributed by atoms with Gasteiger partial charge in [0.15, 0.2) is 0 Å². The molecule has 1 atom stereocenters. The maximum absolute atomic E-state index is 12.5. The van der Waals surface area contributed by atoms with Gasteiger partial charge in [-0.15, -0.1) is 0 Å². The number of ether oxygens (including phenoxy) is 1. The van der Waals surface area contributed by atoms with E-state index in [0.717, 1.165) is 12.8 Å². The molecule has 7 heteroatoms. The highest BCUT2D eigenvalue weighted by molar-refractivity contribution is 7.89. The molecule has 0 bridgehead atoms. The Hall–Kier alpha value is -0.690. The average molecular weight is 305 g/mol. The molecule has 19 heavy (non-hydrogen) atoms. The van der Waals surface area contributed by atoms with E-state index in [1.807, 2.05) is 6.92 Å². The number of hydrogen-bond acceptors (Lipinski definition) is 4. The lowest BCUT2D eigenvalue weighted by Crippen LogP contribution is -2.43. The summed E-state index contributed by atoms with van der Waals surface area (Å²) in [5, 5.41) is 0.202. The van der Waals surface area contributed by atoms with Gasteiger partial charge in [-0.05, 0) is 25.8 Å². The second kappa shape index (κ2) is 6.17. The van der Waals surface area contributed by atoms with Crippen molar-refractivity contribution in [2.75, 3.05) is 19.7 Å². The van der Waals surface area contributed by atoms with Crippen LogP contribution in [0, 0.1) is 0 Å². The monoisotopic (exact) mass is 304 g/mol. The largest absolute Gasteiger partial charge is 0.377 e. The summed E-state index contributed by atoms with van der Waals surface area (Å²) in [7, 11) is -3.59. The van der Waals surface area contributed by atoms with E-state index in [-0.39, 0.29) is 16.0 Å². The smallest absolute Gasteiger partial charge is 0.246 e. The molecule has 1 saturated heterocycles. The Morgan fingerprint density at radius 1 is 1.58 bits per heavy atom. The Bertz CT molecular complexity index is 534. The van der Waals surface area contributed by atoms with Crippen LogP contribution in [0.25, 0.3) is 0 Å². The Morgan fingerprint density at radius 3 is 3.05 bits per heavy atom. The van der Waals surface area contributed by atoms with Gasteiger partial charge in [0, 0.05) is 32.1 Å². The molecule has 0 saturated carbocycles. The number of halogens is 1. The van der Waals surface area contributed by atoms with Crippen molar-refractivity contribution in [1.82, 2.24) is 9.29 Å². The highest BCUT2D eigenvalue weighted by atomic mass is 35.5. The van der Waals surface area contributed by atoms with Crippen molar-refractivity contribution in [3.63, 3.8) is 0 Å². The molecule has 5 nitrogen and oxygen atoms in total. The Balaban J connectivity index is 2.22. The summed E-state index contributed by atoms with van der Waals surface area (Å²) in [4.78, 5) is 3.90. The second-order valence-corrected chi connectivity index (χ2v) is 6.70. The SMILES string of the molecule is CCOC1CCCN(S(=O)(=O)c2cnccc2Cl)C1. The van der Waals surface area contributed by atoms with Crippen LogP contribution in [0.15, 0.2) is 23.4 Å². The lowest BCUT2D eigenvalue weighted by molar-refractivity contribution is 0.0265. The number of aromatic nitrogens is 1. The van der Waals surface area contributed by atoms with Crippen LogP contribution in [0.3, 0.4) is 0 Å². The molecule has 2 rings (SSSR count). The molecule has 0 amide bonds. The van der Waals surface area contributed by atoms with Crippen molar-refractivity contribution < 1.29 is 13.2 Å². The van der Waals surface area contributed by atoms with E-state index in [1.54, 1.807) is 0 Å². The first kappa shape index (κ1) is 14.7. The first-order valence-electron chi connectivity index (χ1n) is 6.27. The van der Waals surface area contributed by atoms with Gasteiger partial charge in [-0.25, -0.2) is 8.42 Å². The van der Waals surface area contributed by atoms with E-state index < -0.39 is 10.0 Å². The van der Waals surface area contributed by atoms with E-state index >= 15 is 0 Å². The third-order valence-electron chi connectivity index (χ3n) is 3.10. The Morgan fingerprint density at radius 2 is 2.37 bits per heavy atom. The van der Waals surface area contributed by atoms with Crippen LogP contribution in [0.2, 0.25) is 5.02 Å². The quantitative estimate of drug-likeness (QED) is 0.853. The topological polar surface area (TPSA) is 59.5 Å². The molecule has 1 aromatic rings. The summed E-state index contributed by atoms with van der Waals surface area (Å²) in [6.45, 7) is 3.37. The molecule has 1 aliphatic heterocycles. The van der Waals surface area contributed by atoms with Crippen LogP contribution in [-0.4, -0.2) is 43.5 Å². The number of pyridine rings is 1. The molecule has 1 fully saturated rings. The summed E-state index contributed by atoms with van der Waals surface area (Å²) >= 11 is 5.95. The minimum Gasteiger partial charge on any atom is -0.377 e. The first-order chi connectivity index (χ1) is 9.05. The van der Waals surface area contributed by atoms with Crippen LogP contribution in [0.1, 0.15) is 19.8 Å². The highest BCUT2D eigenvalue weighted by Gasteiger charge is 2.31. The normalized spacial score (nSPS) is 21.5.